The van der Waals surface area contributed by atoms with Crippen LogP contribution in [0, 0.1) is 0 Å². The smallest absolute Gasteiger partial charge is 0.237 e. The van der Waals surface area contributed by atoms with Gasteiger partial charge < -0.3 is 15.6 Å². The van der Waals surface area contributed by atoms with Crippen LogP contribution < -0.4 is 10.6 Å². The lowest BCUT2D eigenvalue weighted by Gasteiger charge is -2.21. The van der Waals surface area contributed by atoms with Crippen LogP contribution in [-0.2, 0) is 11.3 Å². The summed E-state index contributed by atoms with van der Waals surface area (Å²) in [4.78, 5) is 16.0. The third-order valence-corrected chi connectivity index (χ3v) is 5.53. The lowest BCUT2D eigenvalue weighted by Crippen LogP contribution is -2.43. The molecule has 1 aromatic heterocycles. The number of rotatable bonds is 8. The van der Waals surface area contributed by atoms with Gasteiger partial charge >= 0.3 is 0 Å². The zero-order valence-corrected chi connectivity index (χ0v) is 17.1. The van der Waals surface area contributed by atoms with Crippen molar-refractivity contribution >= 4 is 16.8 Å². The first-order valence-electron chi connectivity index (χ1n) is 10.4. The Hall–Kier alpha value is -3.37. The van der Waals surface area contributed by atoms with Crippen molar-refractivity contribution in [3.05, 3.63) is 108 Å². The molecule has 2 atom stereocenters. The van der Waals surface area contributed by atoms with Crippen molar-refractivity contribution in [1.82, 2.24) is 15.6 Å². The highest BCUT2D eigenvalue weighted by Gasteiger charge is 2.20. The molecule has 152 valence electrons. The summed E-state index contributed by atoms with van der Waals surface area (Å²) < 4.78 is 0. The second kappa shape index (κ2) is 9.42. The average molecular weight is 398 g/mol. The van der Waals surface area contributed by atoms with Gasteiger partial charge in [-0.3, -0.25) is 4.79 Å². The van der Waals surface area contributed by atoms with Crippen molar-refractivity contribution in [3.63, 3.8) is 0 Å². The summed E-state index contributed by atoms with van der Waals surface area (Å²) >= 11 is 0. The maximum absolute atomic E-state index is 12.6. The molecule has 1 heterocycles. The summed E-state index contributed by atoms with van der Waals surface area (Å²) in [7, 11) is 0. The first-order chi connectivity index (χ1) is 14.7. The Morgan fingerprint density at radius 2 is 1.57 bits per heavy atom. The topological polar surface area (TPSA) is 56.9 Å². The van der Waals surface area contributed by atoms with Crippen LogP contribution >= 0.6 is 0 Å². The summed E-state index contributed by atoms with van der Waals surface area (Å²) in [6, 6.07) is 28.5. The molecule has 1 amide bonds. The van der Waals surface area contributed by atoms with Crippen LogP contribution in [0.3, 0.4) is 0 Å². The Morgan fingerprint density at radius 3 is 2.33 bits per heavy atom. The second-order valence-corrected chi connectivity index (χ2v) is 7.59. The maximum Gasteiger partial charge on any atom is 0.237 e. The minimum atomic E-state index is -0.287. The number of nitrogens with one attached hydrogen (secondary N) is 3. The van der Waals surface area contributed by atoms with E-state index in [9.17, 15) is 4.79 Å². The molecular weight excluding hydrogens is 370 g/mol. The maximum atomic E-state index is 12.6. The van der Waals surface area contributed by atoms with E-state index >= 15 is 0 Å². The van der Waals surface area contributed by atoms with Gasteiger partial charge in [0.15, 0.2) is 0 Å². The van der Waals surface area contributed by atoms with Crippen LogP contribution in [0.2, 0.25) is 0 Å². The Morgan fingerprint density at radius 1 is 0.900 bits per heavy atom. The number of amides is 1. The van der Waals surface area contributed by atoms with Crippen molar-refractivity contribution < 1.29 is 4.79 Å². The van der Waals surface area contributed by atoms with Crippen LogP contribution in [0.25, 0.3) is 10.9 Å². The van der Waals surface area contributed by atoms with Crippen LogP contribution in [0.4, 0.5) is 0 Å². The fourth-order valence-corrected chi connectivity index (χ4v) is 3.80. The highest BCUT2D eigenvalue weighted by atomic mass is 16.2. The molecule has 3 N–H and O–H groups in total. The zero-order chi connectivity index (χ0) is 20.8. The quantitative estimate of drug-likeness (QED) is 0.407. The average Bonchev–Trinajstić information content (AvgIpc) is 3.23. The van der Waals surface area contributed by atoms with Gasteiger partial charge in [-0.25, -0.2) is 0 Å². The molecule has 0 aliphatic heterocycles. The minimum Gasteiger partial charge on any atom is -0.361 e. The molecule has 0 unspecified atom stereocenters. The fourth-order valence-electron chi connectivity index (χ4n) is 3.80. The van der Waals surface area contributed by atoms with Gasteiger partial charge in [0.05, 0.1) is 6.04 Å². The third-order valence-electron chi connectivity index (χ3n) is 5.53. The van der Waals surface area contributed by atoms with Gasteiger partial charge in [-0.2, -0.15) is 0 Å². The van der Waals surface area contributed by atoms with E-state index in [0.717, 1.165) is 11.1 Å². The Kier molecular flexibility index (Phi) is 6.26. The molecule has 4 heteroatoms. The number of para-hydroxylation sites is 1. The largest absolute Gasteiger partial charge is 0.361 e. The minimum absolute atomic E-state index is 0.00425. The first-order valence-corrected chi connectivity index (χ1v) is 10.4. The van der Waals surface area contributed by atoms with Crippen LogP contribution in [-0.4, -0.2) is 23.5 Å². The van der Waals surface area contributed by atoms with Crippen LogP contribution in [0.1, 0.15) is 29.5 Å². The van der Waals surface area contributed by atoms with E-state index in [1.165, 1.54) is 16.5 Å². The number of H-pyrrole nitrogens is 1. The lowest BCUT2D eigenvalue weighted by molar-refractivity contribution is -0.122. The van der Waals surface area contributed by atoms with Gasteiger partial charge in [-0.15, -0.1) is 0 Å². The van der Waals surface area contributed by atoms with Crippen molar-refractivity contribution in [1.29, 1.82) is 0 Å². The van der Waals surface area contributed by atoms with E-state index in [4.69, 9.17) is 0 Å². The van der Waals surface area contributed by atoms with Gasteiger partial charge in [-0.1, -0.05) is 78.9 Å². The summed E-state index contributed by atoms with van der Waals surface area (Å²) in [5.41, 5.74) is 4.69. The molecule has 0 aliphatic carbocycles. The summed E-state index contributed by atoms with van der Waals surface area (Å²) in [5.74, 6) is 0.149. The van der Waals surface area contributed by atoms with Gasteiger partial charge in [0.2, 0.25) is 5.91 Å². The molecule has 0 radical (unpaired) electrons. The van der Waals surface area contributed by atoms with Gasteiger partial charge in [0.25, 0.3) is 0 Å². The molecule has 0 fully saturated rings. The molecule has 0 spiro atoms. The summed E-state index contributed by atoms with van der Waals surface area (Å²) in [5, 5.41) is 7.68. The van der Waals surface area contributed by atoms with E-state index in [-0.39, 0.29) is 17.9 Å². The molecule has 4 rings (SSSR count). The van der Waals surface area contributed by atoms with Crippen LogP contribution in [0.15, 0.2) is 91.1 Å². The standard InChI is InChI=1S/C26H27N3O/c1-19(26(30)29-16-20-10-4-2-5-11-20)27-17-23(21-12-6-3-7-13-21)24-18-28-25-15-9-8-14-22(24)25/h2-15,18-19,23,27-28H,16-17H2,1H3,(H,29,30)/t19-,23-/m0/s1. The number of hydrogen-bond acceptors (Lipinski definition) is 2. The number of carbonyl (C=O) groups is 1. The monoisotopic (exact) mass is 397 g/mol. The normalized spacial score (nSPS) is 13.1. The molecule has 0 aliphatic rings. The lowest BCUT2D eigenvalue weighted by atomic mass is 9.90. The van der Waals surface area contributed by atoms with E-state index in [2.05, 4.69) is 64.3 Å². The number of aromatic nitrogens is 1. The number of carbonyl (C=O) groups excluding carboxylic acids is 1. The molecule has 30 heavy (non-hydrogen) atoms. The molecule has 0 saturated heterocycles. The molecule has 4 nitrogen and oxygen atoms in total. The predicted octanol–water partition coefficient (Wildman–Crippen LogP) is 4.59. The van der Waals surface area contributed by atoms with E-state index in [1.807, 2.05) is 49.4 Å². The molecule has 4 aromatic rings. The molecule has 0 bridgehead atoms. The Labute approximate surface area is 177 Å². The number of aromatic amines is 1. The van der Waals surface area contributed by atoms with Crippen molar-refractivity contribution in [2.45, 2.75) is 25.4 Å². The number of fused-ring (bicyclic) bond motifs is 1. The number of benzene rings is 3. The van der Waals surface area contributed by atoms with Crippen molar-refractivity contribution in [2.75, 3.05) is 6.54 Å². The van der Waals surface area contributed by atoms with E-state index < -0.39 is 0 Å². The SMILES string of the molecule is C[C@H](NC[C@@H](c1ccccc1)c1c[nH]c2ccccc12)C(=O)NCc1ccccc1. The van der Waals surface area contributed by atoms with E-state index in [1.54, 1.807) is 0 Å². The predicted molar refractivity (Wildman–Crippen MR) is 122 cm³/mol. The molecule has 0 saturated carbocycles. The Bertz CT molecular complexity index is 1090. The van der Waals surface area contributed by atoms with Gasteiger partial charge in [-0.05, 0) is 29.7 Å². The van der Waals surface area contributed by atoms with Crippen molar-refractivity contribution in [3.8, 4) is 0 Å². The van der Waals surface area contributed by atoms with Gasteiger partial charge in [0, 0.05) is 36.1 Å². The van der Waals surface area contributed by atoms with Crippen molar-refractivity contribution in [2.24, 2.45) is 0 Å². The van der Waals surface area contributed by atoms with Gasteiger partial charge in [0.1, 0.15) is 0 Å². The summed E-state index contributed by atoms with van der Waals surface area (Å²) in [6.07, 6.45) is 2.09. The van der Waals surface area contributed by atoms with Crippen LogP contribution in [0.5, 0.6) is 0 Å². The summed E-state index contributed by atoms with van der Waals surface area (Å²) in [6.45, 7) is 3.12. The highest BCUT2D eigenvalue weighted by Crippen LogP contribution is 2.30. The van der Waals surface area contributed by atoms with E-state index in [0.29, 0.717) is 13.1 Å². The Balaban J connectivity index is 1.46. The third kappa shape index (κ3) is 4.61. The zero-order valence-electron chi connectivity index (χ0n) is 17.1. The number of hydrogen-bond donors (Lipinski definition) is 3. The molecular formula is C26H27N3O. The highest BCUT2D eigenvalue weighted by molar-refractivity contribution is 5.84. The first kappa shape index (κ1) is 19.9. The fraction of sp³-hybridized carbons (Fsp3) is 0.192. The second-order valence-electron chi connectivity index (χ2n) is 7.59. The molecule has 3 aromatic carbocycles.